The van der Waals surface area contributed by atoms with Crippen LogP contribution in [0.15, 0.2) is 53.6 Å². The van der Waals surface area contributed by atoms with Crippen LogP contribution in [-0.4, -0.2) is 24.6 Å². The van der Waals surface area contributed by atoms with Crippen LogP contribution < -0.4 is 15.5 Å². The summed E-state index contributed by atoms with van der Waals surface area (Å²) in [5.74, 6) is -1.59. The first-order valence-electron chi connectivity index (χ1n) is 7.21. The monoisotopic (exact) mass is 329 g/mol. The molecule has 24 heavy (non-hydrogen) atoms. The van der Waals surface area contributed by atoms with Crippen LogP contribution in [0.25, 0.3) is 0 Å². The van der Waals surface area contributed by atoms with Crippen LogP contribution in [0.2, 0.25) is 0 Å². The molecule has 0 fully saturated rings. The second-order valence-electron chi connectivity index (χ2n) is 4.67. The molecule has 124 valence electrons. The summed E-state index contributed by atoms with van der Waals surface area (Å²) in [5.41, 5.74) is 3.14. The number of hydrazone groups is 1. The summed E-state index contributed by atoms with van der Waals surface area (Å²) in [6.07, 6.45) is 1.39. The number of halogens is 1. The molecule has 0 spiro atoms. The van der Waals surface area contributed by atoms with E-state index in [0.717, 1.165) is 0 Å². The van der Waals surface area contributed by atoms with Crippen molar-refractivity contribution in [3.63, 3.8) is 0 Å². The van der Waals surface area contributed by atoms with Crippen molar-refractivity contribution in [2.24, 2.45) is 5.10 Å². The predicted octanol–water partition coefficient (Wildman–Crippen LogP) is 2.31. The molecule has 2 amide bonds. The summed E-state index contributed by atoms with van der Waals surface area (Å²) in [5, 5.41) is 6.05. The number of amides is 2. The first-order chi connectivity index (χ1) is 11.6. The molecular weight excluding hydrogens is 313 g/mol. The molecule has 0 atom stereocenters. The number of carbonyl (C=O) groups is 2. The van der Waals surface area contributed by atoms with E-state index < -0.39 is 17.6 Å². The molecule has 0 saturated heterocycles. The van der Waals surface area contributed by atoms with Crippen LogP contribution >= 0.6 is 0 Å². The van der Waals surface area contributed by atoms with E-state index in [-0.39, 0.29) is 0 Å². The molecule has 7 heteroatoms. The van der Waals surface area contributed by atoms with E-state index >= 15 is 0 Å². The third-order valence-corrected chi connectivity index (χ3v) is 2.86. The summed E-state index contributed by atoms with van der Waals surface area (Å²) in [4.78, 5) is 23.3. The lowest BCUT2D eigenvalue weighted by Crippen LogP contribution is -2.32. The van der Waals surface area contributed by atoms with Gasteiger partial charge < -0.3 is 10.1 Å². The predicted molar refractivity (Wildman–Crippen MR) is 88.4 cm³/mol. The largest absolute Gasteiger partial charge is 0.494 e. The summed E-state index contributed by atoms with van der Waals surface area (Å²) in [7, 11) is 0. The van der Waals surface area contributed by atoms with Crippen LogP contribution in [0.4, 0.5) is 10.1 Å². The van der Waals surface area contributed by atoms with Crippen molar-refractivity contribution in [3.05, 3.63) is 59.9 Å². The number of hydrogen-bond acceptors (Lipinski definition) is 4. The molecule has 2 aromatic carbocycles. The van der Waals surface area contributed by atoms with Crippen molar-refractivity contribution >= 4 is 23.7 Å². The minimum absolute atomic E-state index is 0.310. The number of rotatable bonds is 5. The fraction of sp³-hybridized carbons (Fsp3) is 0.118. The lowest BCUT2D eigenvalue weighted by Gasteiger charge is -2.04. The molecule has 2 aromatic rings. The van der Waals surface area contributed by atoms with E-state index in [9.17, 15) is 14.0 Å². The highest BCUT2D eigenvalue weighted by Crippen LogP contribution is 2.11. The lowest BCUT2D eigenvalue weighted by molar-refractivity contribution is -0.136. The quantitative estimate of drug-likeness (QED) is 0.502. The summed E-state index contributed by atoms with van der Waals surface area (Å²) in [6, 6.07) is 12.2. The van der Waals surface area contributed by atoms with E-state index in [1.165, 1.54) is 30.5 Å². The highest BCUT2D eigenvalue weighted by atomic mass is 19.1. The number of nitrogens with zero attached hydrogens (tertiary/aromatic N) is 1. The van der Waals surface area contributed by atoms with Gasteiger partial charge in [0.2, 0.25) is 0 Å². The van der Waals surface area contributed by atoms with Crippen molar-refractivity contribution in [2.75, 3.05) is 11.9 Å². The Balaban J connectivity index is 1.88. The summed E-state index contributed by atoms with van der Waals surface area (Å²) in [6.45, 7) is 2.42. The van der Waals surface area contributed by atoms with Gasteiger partial charge in [0.05, 0.1) is 12.8 Å². The standard InChI is InChI=1S/C17H16FN3O3/c1-2-24-15-5-3-4-12(10-15)11-19-21-17(23)16(22)20-14-8-6-13(18)7-9-14/h3-11H,2H2,1H3,(H,20,22)(H,21,23)/b19-11-. The number of anilines is 1. The molecule has 0 aliphatic carbocycles. The molecule has 2 N–H and O–H groups in total. The number of hydrogen-bond donors (Lipinski definition) is 2. The summed E-state index contributed by atoms with van der Waals surface area (Å²) >= 11 is 0. The second-order valence-corrected chi connectivity index (χ2v) is 4.67. The Morgan fingerprint density at radius 3 is 2.62 bits per heavy atom. The number of carbonyl (C=O) groups excluding carboxylic acids is 2. The fourth-order valence-corrected chi connectivity index (χ4v) is 1.79. The van der Waals surface area contributed by atoms with E-state index in [1.807, 2.05) is 6.92 Å². The van der Waals surface area contributed by atoms with Gasteiger partial charge in [0.15, 0.2) is 0 Å². The lowest BCUT2D eigenvalue weighted by atomic mass is 10.2. The Morgan fingerprint density at radius 2 is 1.92 bits per heavy atom. The van der Waals surface area contributed by atoms with Crippen LogP contribution in [-0.2, 0) is 9.59 Å². The maximum Gasteiger partial charge on any atom is 0.329 e. The van der Waals surface area contributed by atoms with Crippen molar-refractivity contribution in [1.82, 2.24) is 5.43 Å². The first-order valence-corrected chi connectivity index (χ1v) is 7.21. The van der Waals surface area contributed by atoms with Crippen molar-refractivity contribution in [2.45, 2.75) is 6.92 Å². The highest BCUT2D eigenvalue weighted by molar-refractivity contribution is 6.39. The SMILES string of the molecule is CCOc1cccc(/C=N\NC(=O)C(=O)Nc2ccc(F)cc2)c1. The average molecular weight is 329 g/mol. The van der Waals surface area contributed by atoms with E-state index in [1.54, 1.807) is 24.3 Å². The van der Waals surface area contributed by atoms with Crippen molar-refractivity contribution in [3.8, 4) is 5.75 Å². The van der Waals surface area contributed by atoms with Gasteiger partial charge in [0, 0.05) is 5.69 Å². The fourth-order valence-electron chi connectivity index (χ4n) is 1.79. The summed E-state index contributed by atoms with van der Waals surface area (Å²) < 4.78 is 18.1. The minimum atomic E-state index is -0.934. The van der Waals surface area contributed by atoms with Gasteiger partial charge in [-0.05, 0) is 48.9 Å². The third kappa shape index (κ3) is 5.20. The Labute approximate surface area is 138 Å². The zero-order valence-electron chi connectivity index (χ0n) is 13.0. The Morgan fingerprint density at radius 1 is 1.17 bits per heavy atom. The molecule has 2 rings (SSSR count). The van der Waals surface area contributed by atoms with Gasteiger partial charge in [0.1, 0.15) is 11.6 Å². The highest BCUT2D eigenvalue weighted by Gasteiger charge is 2.12. The molecule has 0 radical (unpaired) electrons. The molecule has 0 aromatic heterocycles. The van der Waals surface area contributed by atoms with Gasteiger partial charge >= 0.3 is 11.8 Å². The maximum atomic E-state index is 12.8. The zero-order chi connectivity index (χ0) is 17.4. The normalized spacial score (nSPS) is 10.4. The molecule has 6 nitrogen and oxygen atoms in total. The van der Waals surface area contributed by atoms with Crippen molar-refractivity contribution in [1.29, 1.82) is 0 Å². The molecule has 0 aliphatic heterocycles. The molecule has 0 bridgehead atoms. The maximum absolute atomic E-state index is 12.8. The third-order valence-electron chi connectivity index (χ3n) is 2.86. The van der Waals surface area contributed by atoms with E-state index in [2.05, 4.69) is 15.8 Å². The Kier molecular flexibility index (Phi) is 6.01. The average Bonchev–Trinajstić information content (AvgIpc) is 2.57. The van der Waals surface area contributed by atoms with Crippen LogP contribution in [0.3, 0.4) is 0 Å². The second kappa shape index (κ2) is 8.42. The van der Waals surface area contributed by atoms with E-state index in [4.69, 9.17) is 4.74 Å². The smallest absolute Gasteiger partial charge is 0.329 e. The van der Waals surface area contributed by atoms with Crippen LogP contribution in [0, 0.1) is 5.82 Å². The molecule has 0 saturated carbocycles. The molecular formula is C17H16FN3O3. The number of benzene rings is 2. The van der Waals surface area contributed by atoms with Crippen LogP contribution in [0.1, 0.15) is 12.5 Å². The molecule has 0 heterocycles. The Hall–Kier alpha value is -3.22. The zero-order valence-corrected chi connectivity index (χ0v) is 13.0. The van der Waals surface area contributed by atoms with Gasteiger partial charge in [-0.2, -0.15) is 5.10 Å². The van der Waals surface area contributed by atoms with Gasteiger partial charge in [-0.3, -0.25) is 9.59 Å². The van der Waals surface area contributed by atoms with Gasteiger partial charge in [-0.15, -0.1) is 0 Å². The Bertz CT molecular complexity index is 745. The van der Waals surface area contributed by atoms with Gasteiger partial charge in [-0.25, -0.2) is 9.82 Å². The van der Waals surface area contributed by atoms with E-state index in [0.29, 0.717) is 23.6 Å². The molecule has 0 unspecified atom stereocenters. The molecule has 0 aliphatic rings. The number of ether oxygens (including phenoxy) is 1. The van der Waals surface area contributed by atoms with Crippen molar-refractivity contribution < 1.29 is 18.7 Å². The number of nitrogens with one attached hydrogen (secondary N) is 2. The topological polar surface area (TPSA) is 79.8 Å². The minimum Gasteiger partial charge on any atom is -0.494 e. The van der Waals surface area contributed by atoms with Gasteiger partial charge in [0.25, 0.3) is 0 Å². The van der Waals surface area contributed by atoms with Gasteiger partial charge in [-0.1, -0.05) is 12.1 Å². The first kappa shape index (κ1) is 17.1. The van der Waals surface area contributed by atoms with Crippen LogP contribution in [0.5, 0.6) is 5.75 Å².